The topological polar surface area (TPSA) is 101 Å². The molecule has 6 nitrogen and oxygen atoms in total. The minimum absolute atomic E-state index is 0.275. The van der Waals surface area contributed by atoms with Crippen LogP contribution in [0, 0.1) is 5.92 Å². The number of carbonyl (C=O) groups excluding carboxylic acids is 3. The lowest BCUT2D eigenvalue weighted by molar-refractivity contribution is -0.126. The summed E-state index contributed by atoms with van der Waals surface area (Å²) < 4.78 is 0. The molecule has 0 aromatic heterocycles. The highest BCUT2D eigenvalue weighted by atomic mass is 16.2. The third kappa shape index (κ3) is 6.18. The second kappa shape index (κ2) is 8.16. The fraction of sp³-hybridized carbons (Fsp3) is 0.400. The lowest BCUT2D eigenvalue weighted by atomic mass is 10.0. The van der Waals surface area contributed by atoms with E-state index in [1.54, 1.807) is 30.3 Å². The van der Waals surface area contributed by atoms with Gasteiger partial charge in [0.05, 0.1) is 12.6 Å². The number of carbonyl (C=O) groups is 3. The van der Waals surface area contributed by atoms with Gasteiger partial charge < -0.3 is 11.1 Å². The first kappa shape index (κ1) is 16.8. The zero-order valence-corrected chi connectivity index (χ0v) is 12.3. The predicted octanol–water partition coefficient (Wildman–Crippen LogP) is 0.433. The van der Waals surface area contributed by atoms with Gasteiger partial charge >= 0.3 is 0 Å². The lowest BCUT2D eigenvalue weighted by Gasteiger charge is -2.13. The SMILES string of the molecule is CC(C)C[C@H](N)C(=O)NCC(=O)NC(=O)c1ccccc1. The molecular weight excluding hydrogens is 270 g/mol. The van der Waals surface area contributed by atoms with Gasteiger partial charge in [-0.2, -0.15) is 0 Å². The van der Waals surface area contributed by atoms with Crippen LogP contribution in [0.25, 0.3) is 0 Å². The molecule has 1 aromatic rings. The smallest absolute Gasteiger partial charge is 0.257 e. The van der Waals surface area contributed by atoms with Gasteiger partial charge in [-0.05, 0) is 24.5 Å². The molecule has 1 atom stereocenters. The average Bonchev–Trinajstić information content (AvgIpc) is 2.44. The van der Waals surface area contributed by atoms with Crippen LogP contribution in [0.15, 0.2) is 30.3 Å². The first-order chi connectivity index (χ1) is 9.90. The molecule has 6 heteroatoms. The second-order valence-corrected chi connectivity index (χ2v) is 5.20. The van der Waals surface area contributed by atoms with E-state index in [9.17, 15) is 14.4 Å². The van der Waals surface area contributed by atoms with Crippen LogP contribution >= 0.6 is 0 Å². The first-order valence-electron chi connectivity index (χ1n) is 6.82. The molecule has 0 aliphatic carbocycles. The van der Waals surface area contributed by atoms with Gasteiger partial charge in [0.25, 0.3) is 5.91 Å². The van der Waals surface area contributed by atoms with Crippen molar-refractivity contribution in [2.45, 2.75) is 26.3 Å². The molecular formula is C15H21N3O3. The summed E-state index contributed by atoms with van der Waals surface area (Å²) in [7, 11) is 0. The van der Waals surface area contributed by atoms with Crippen molar-refractivity contribution in [1.82, 2.24) is 10.6 Å². The molecule has 0 saturated heterocycles. The summed E-state index contributed by atoms with van der Waals surface area (Å²) in [6.07, 6.45) is 0.538. The van der Waals surface area contributed by atoms with E-state index >= 15 is 0 Å². The van der Waals surface area contributed by atoms with Crippen LogP contribution < -0.4 is 16.4 Å². The molecule has 0 fully saturated rings. The summed E-state index contributed by atoms with van der Waals surface area (Å²) in [6, 6.07) is 7.72. The molecule has 1 aromatic carbocycles. The fourth-order valence-corrected chi connectivity index (χ4v) is 1.75. The van der Waals surface area contributed by atoms with E-state index < -0.39 is 23.8 Å². The summed E-state index contributed by atoms with van der Waals surface area (Å²) in [4.78, 5) is 34.9. The molecule has 0 unspecified atom stereocenters. The van der Waals surface area contributed by atoms with Gasteiger partial charge in [0.1, 0.15) is 0 Å². The van der Waals surface area contributed by atoms with E-state index in [0.717, 1.165) is 0 Å². The predicted molar refractivity (Wildman–Crippen MR) is 79.4 cm³/mol. The number of nitrogens with two attached hydrogens (primary N) is 1. The third-order valence-electron chi connectivity index (χ3n) is 2.77. The number of imide groups is 1. The van der Waals surface area contributed by atoms with Crippen molar-refractivity contribution in [1.29, 1.82) is 0 Å². The van der Waals surface area contributed by atoms with Crippen LogP contribution in [0.4, 0.5) is 0 Å². The van der Waals surface area contributed by atoms with Crippen LogP contribution in [0.1, 0.15) is 30.6 Å². The Morgan fingerprint density at radius 2 is 1.76 bits per heavy atom. The van der Waals surface area contributed by atoms with Crippen LogP contribution in [0.5, 0.6) is 0 Å². The van der Waals surface area contributed by atoms with Gasteiger partial charge in [0.2, 0.25) is 11.8 Å². The maximum atomic E-state index is 11.7. The van der Waals surface area contributed by atoms with Crippen molar-refractivity contribution in [2.24, 2.45) is 11.7 Å². The van der Waals surface area contributed by atoms with E-state index in [4.69, 9.17) is 5.73 Å². The molecule has 0 radical (unpaired) electrons. The molecule has 114 valence electrons. The zero-order chi connectivity index (χ0) is 15.8. The third-order valence-corrected chi connectivity index (χ3v) is 2.77. The van der Waals surface area contributed by atoms with Gasteiger partial charge in [-0.3, -0.25) is 19.7 Å². The summed E-state index contributed by atoms with van der Waals surface area (Å²) in [5.41, 5.74) is 6.07. The van der Waals surface area contributed by atoms with Crippen molar-refractivity contribution >= 4 is 17.7 Å². The monoisotopic (exact) mass is 291 g/mol. The number of hydrogen-bond acceptors (Lipinski definition) is 4. The lowest BCUT2D eigenvalue weighted by Crippen LogP contribution is -2.46. The zero-order valence-electron chi connectivity index (χ0n) is 12.3. The van der Waals surface area contributed by atoms with E-state index in [0.29, 0.717) is 17.9 Å². The highest BCUT2D eigenvalue weighted by Crippen LogP contribution is 2.02. The molecule has 21 heavy (non-hydrogen) atoms. The summed E-state index contributed by atoms with van der Waals surface area (Å²) in [5.74, 6) is -1.18. The standard InChI is InChI=1S/C15H21N3O3/c1-10(2)8-12(16)15(21)17-9-13(19)18-14(20)11-6-4-3-5-7-11/h3-7,10,12H,8-9,16H2,1-2H3,(H,17,21)(H,18,19,20)/t12-/m0/s1. The molecule has 0 aliphatic heterocycles. The number of amides is 3. The maximum absolute atomic E-state index is 11.7. The quantitative estimate of drug-likeness (QED) is 0.707. The molecule has 0 bridgehead atoms. The largest absolute Gasteiger partial charge is 0.346 e. The number of hydrogen-bond donors (Lipinski definition) is 3. The van der Waals surface area contributed by atoms with Gasteiger partial charge in [-0.1, -0.05) is 32.0 Å². The van der Waals surface area contributed by atoms with Crippen molar-refractivity contribution in [3.05, 3.63) is 35.9 Å². The summed E-state index contributed by atoms with van der Waals surface area (Å²) in [6.45, 7) is 3.64. The van der Waals surface area contributed by atoms with Crippen molar-refractivity contribution in [2.75, 3.05) is 6.54 Å². The Balaban J connectivity index is 2.37. The van der Waals surface area contributed by atoms with Gasteiger partial charge in [-0.25, -0.2) is 0 Å². The van der Waals surface area contributed by atoms with Crippen molar-refractivity contribution < 1.29 is 14.4 Å². The highest BCUT2D eigenvalue weighted by molar-refractivity contribution is 6.05. The Morgan fingerprint density at radius 3 is 2.33 bits per heavy atom. The Labute approximate surface area is 124 Å². The Bertz CT molecular complexity index is 500. The van der Waals surface area contributed by atoms with Gasteiger partial charge in [0.15, 0.2) is 0 Å². The molecule has 0 aliphatic rings. The Hall–Kier alpha value is -2.21. The average molecular weight is 291 g/mol. The molecule has 0 spiro atoms. The maximum Gasteiger partial charge on any atom is 0.257 e. The number of benzene rings is 1. The van der Waals surface area contributed by atoms with Crippen molar-refractivity contribution in [3.8, 4) is 0 Å². The van der Waals surface area contributed by atoms with Gasteiger partial charge in [-0.15, -0.1) is 0 Å². The van der Waals surface area contributed by atoms with Crippen LogP contribution in [0.2, 0.25) is 0 Å². The van der Waals surface area contributed by atoms with E-state index in [1.807, 2.05) is 13.8 Å². The summed E-state index contributed by atoms with van der Waals surface area (Å²) >= 11 is 0. The molecule has 3 amide bonds. The fourth-order valence-electron chi connectivity index (χ4n) is 1.75. The molecule has 4 N–H and O–H groups in total. The van der Waals surface area contributed by atoms with Crippen LogP contribution in [0.3, 0.4) is 0 Å². The number of rotatable bonds is 6. The molecule has 1 rings (SSSR count). The van der Waals surface area contributed by atoms with E-state index in [2.05, 4.69) is 10.6 Å². The molecule has 0 heterocycles. The van der Waals surface area contributed by atoms with Gasteiger partial charge in [0, 0.05) is 5.56 Å². The van der Waals surface area contributed by atoms with E-state index in [1.165, 1.54) is 0 Å². The number of nitrogens with one attached hydrogen (secondary N) is 2. The minimum Gasteiger partial charge on any atom is -0.346 e. The van der Waals surface area contributed by atoms with Crippen LogP contribution in [-0.2, 0) is 9.59 Å². The van der Waals surface area contributed by atoms with Crippen molar-refractivity contribution in [3.63, 3.8) is 0 Å². The first-order valence-corrected chi connectivity index (χ1v) is 6.82. The Morgan fingerprint density at radius 1 is 1.14 bits per heavy atom. The van der Waals surface area contributed by atoms with E-state index in [-0.39, 0.29) is 6.54 Å². The molecule has 0 saturated carbocycles. The second-order valence-electron chi connectivity index (χ2n) is 5.20. The summed E-state index contributed by atoms with van der Waals surface area (Å²) in [5, 5.41) is 4.61. The Kier molecular flexibility index (Phi) is 6.55. The normalized spacial score (nSPS) is 11.8. The highest BCUT2D eigenvalue weighted by Gasteiger charge is 2.16. The van der Waals surface area contributed by atoms with Crippen LogP contribution in [-0.4, -0.2) is 30.3 Å². The minimum atomic E-state index is -0.650.